The number of hydrogen-bond donors (Lipinski definition) is 1. The van der Waals surface area contributed by atoms with Crippen LogP contribution in [0.25, 0.3) is 49.3 Å². The number of hydrogen-bond acceptors (Lipinski definition) is 0. The third-order valence-electron chi connectivity index (χ3n) is 5.11. The van der Waals surface area contributed by atoms with Crippen molar-refractivity contribution in [2.75, 3.05) is 0 Å². The minimum absolute atomic E-state index is 1.01. The van der Waals surface area contributed by atoms with Crippen LogP contribution < -0.4 is 0 Å². The maximum Gasteiger partial charge on any atom is 0.0548 e. The van der Waals surface area contributed by atoms with Crippen LogP contribution in [-0.2, 0) is 0 Å². The fourth-order valence-corrected chi connectivity index (χ4v) is 4.42. The normalized spacial score (nSPS) is 12.4. The number of aromatic amines is 1. The van der Waals surface area contributed by atoms with E-state index in [1.165, 1.54) is 21.5 Å². The SMILES string of the molecule is C=C/C=C(\C=C)n1c2ccccc2c2c3c(ccc21)[nH]c1ccc(Br)cc13. The van der Waals surface area contributed by atoms with Gasteiger partial charge in [0, 0.05) is 42.7 Å². The Kier molecular flexibility index (Phi) is 3.59. The number of para-hydroxylation sites is 1. The molecular weight excluding hydrogens is 396 g/mol. The molecule has 0 atom stereocenters. The molecule has 3 aromatic carbocycles. The van der Waals surface area contributed by atoms with E-state index in [4.69, 9.17) is 0 Å². The molecule has 0 radical (unpaired) electrons. The van der Waals surface area contributed by atoms with Crippen LogP contribution in [0.2, 0.25) is 0 Å². The van der Waals surface area contributed by atoms with Crippen molar-refractivity contribution in [3.8, 4) is 0 Å². The smallest absolute Gasteiger partial charge is 0.0548 e. The number of fused-ring (bicyclic) bond motifs is 7. The largest absolute Gasteiger partial charge is 0.354 e. The predicted octanol–water partition coefficient (Wildman–Crippen LogP) is 7.40. The van der Waals surface area contributed by atoms with Gasteiger partial charge in [-0.05, 0) is 48.6 Å². The van der Waals surface area contributed by atoms with E-state index in [0.29, 0.717) is 0 Å². The van der Waals surface area contributed by atoms with Crippen LogP contribution in [0.3, 0.4) is 0 Å². The average Bonchev–Trinajstić information content (AvgIpc) is 3.21. The van der Waals surface area contributed by atoms with Gasteiger partial charge in [-0.15, -0.1) is 0 Å². The van der Waals surface area contributed by atoms with E-state index in [1.807, 2.05) is 12.2 Å². The van der Waals surface area contributed by atoms with Crippen LogP contribution in [0.1, 0.15) is 0 Å². The summed E-state index contributed by atoms with van der Waals surface area (Å²) < 4.78 is 3.34. The van der Waals surface area contributed by atoms with Crippen molar-refractivity contribution >= 4 is 65.2 Å². The Bertz CT molecular complexity index is 1410. The van der Waals surface area contributed by atoms with Gasteiger partial charge in [-0.2, -0.15) is 0 Å². The van der Waals surface area contributed by atoms with E-state index >= 15 is 0 Å². The van der Waals surface area contributed by atoms with Gasteiger partial charge < -0.3 is 9.55 Å². The lowest BCUT2D eigenvalue weighted by molar-refractivity contribution is 1.24. The number of H-pyrrole nitrogens is 1. The zero-order chi connectivity index (χ0) is 18.5. The Balaban J connectivity index is 2.09. The lowest BCUT2D eigenvalue weighted by Crippen LogP contribution is -1.93. The molecule has 0 bridgehead atoms. The van der Waals surface area contributed by atoms with Gasteiger partial charge in [0.05, 0.1) is 11.0 Å². The molecule has 5 rings (SSSR count). The van der Waals surface area contributed by atoms with E-state index in [1.54, 1.807) is 6.08 Å². The Labute approximate surface area is 165 Å². The molecule has 2 heterocycles. The molecule has 5 aromatic rings. The number of allylic oxidation sites excluding steroid dienone is 4. The number of nitrogens with zero attached hydrogens (tertiary/aromatic N) is 1. The molecule has 0 fully saturated rings. The number of benzene rings is 3. The lowest BCUT2D eigenvalue weighted by Gasteiger charge is -2.08. The summed E-state index contributed by atoms with van der Waals surface area (Å²) in [5.41, 5.74) is 5.63. The second kappa shape index (κ2) is 6.00. The fraction of sp³-hybridized carbons (Fsp3) is 0. The summed E-state index contributed by atoms with van der Waals surface area (Å²) in [6.07, 6.45) is 5.68. The zero-order valence-electron chi connectivity index (χ0n) is 14.7. The Morgan fingerprint density at radius 2 is 1.70 bits per heavy atom. The van der Waals surface area contributed by atoms with E-state index < -0.39 is 0 Å². The first-order valence-corrected chi connectivity index (χ1v) is 9.61. The van der Waals surface area contributed by atoms with Gasteiger partial charge in [0.25, 0.3) is 0 Å². The van der Waals surface area contributed by atoms with E-state index in [9.17, 15) is 0 Å². The van der Waals surface area contributed by atoms with Gasteiger partial charge in [0.15, 0.2) is 0 Å². The summed E-state index contributed by atoms with van der Waals surface area (Å²) in [5.74, 6) is 0. The van der Waals surface area contributed by atoms with Gasteiger partial charge in [-0.25, -0.2) is 0 Å². The lowest BCUT2D eigenvalue weighted by atomic mass is 10.1. The van der Waals surface area contributed by atoms with Gasteiger partial charge in [-0.3, -0.25) is 0 Å². The Morgan fingerprint density at radius 3 is 2.52 bits per heavy atom. The van der Waals surface area contributed by atoms with Crippen molar-refractivity contribution in [3.63, 3.8) is 0 Å². The summed E-state index contributed by atoms with van der Waals surface area (Å²) in [5, 5.41) is 4.96. The van der Waals surface area contributed by atoms with E-state index in [-0.39, 0.29) is 0 Å². The summed E-state index contributed by atoms with van der Waals surface area (Å²) in [4.78, 5) is 3.56. The highest BCUT2D eigenvalue weighted by Crippen LogP contribution is 2.40. The maximum atomic E-state index is 4.01. The van der Waals surface area contributed by atoms with Crippen molar-refractivity contribution in [1.29, 1.82) is 0 Å². The Hall–Kier alpha value is -3.04. The highest BCUT2D eigenvalue weighted by atomic mass is 79.9. The van der Waals surface area contributed by atoms with Crippen LogP contribution in [0, 0.1) is 0 Å². The van der Waals surface area contributed by atoms with E-state index in [2.05, 4.69) is 93.2 Å². The van der Waals surface area contributed by atoms with Gasteiger partial charge in [0.1, 0.15) is 0 Å². The summed E-state index contributed by atoms with van der Waals surface area (Å²) in [7, 11) is 0. The standard InChI is InChI=1S/C24H17BrN2/c1-3-7-16(4-2)27-21-9-6-5-8-17(21)24-22(27)13-12-20-23(24)18-14-15(25)10-11-19(18)26-20/h3-14,26H,1-2H2/b16-7+. The Morgan fingerprint density at radius 1 is 0.889 bits per heavy atom. The van der Waals surface area contributed by atoms with Gasteiger partial charge in [0.2, 0.25) is 0 Å². The molecule has 0 amide bonds. The second-order valence-corrected chi connectivity index (χ2v) is 7.50. The minimum atomic E-state index is 1.01. The third-order valence-corrected chi connectivity index (χ3v) is 5.61. The first kappa shape index (κ1) is 16.2. The summed E-state index contributed by atoms with van der Waals surface area (Å²) in [6.45, 7) is 7.88. The molecular formula is C24H17BrN2. The highest BCUT2D eigenvalue weighted by molar-refractivity contribution is 9.10. The number of halogens is 1. The molecule has 0 unspecified atom stereocenters. The molecule has 0 aliphatic heterocycles. The molecule has 0 spiro atoms. The van der Waals surface area contributed by atoms with Crippen LogP contribution in [0.5, 0.6) is 0 Å². The molecule has 1 N–H and O–H groups in total. The van der Waals surface area contributed by atoms with Crippen LogP contribution in [-0.4, -0.2) is 9.55 Å². The van der Waals surface area contributed by atoms with Crippen molar-refractivity contribution < 1.29 is 0 Å². The summed E-state index contributed by atoms with van der Waals surface area (Å²) in [6, 6.07) is 19.3. The average molecular weight is 413 g/mol. The van der Waals surface area contributed by atoms with Crippen molar-refractivity contribution in [3.05, 3.63) is 90.5 Å². The molecule has 0 aliphatic rings. The maximum absolute atomic E-state index is 4.01. The number of rotatable bonds is 3. The summed E-state index contributed by atoms with van der Waals surface area (Å²) >= 11 is 3.62. The zero-order valence-corrected chi connectivity index (χ0v) is 16.3. The van der Waals surface area contributed by atoms with Crippen LogP contribution in [0.15, 0.2) is 90.5 Å². The predicted molar refractivity (Wildman–Crippen MR) is 121 cm³/mol. The van der Waals surface area contributed by atoms with Gasteiger partial charge >= 0.3 is 0 Å². The number of nitrogens with one attached hydrogen (secondary N) is 1. The van der Waals surface area contributed by atoms with Crippen molar-refractivity contribution in [2.24, 2.45) is 0 Å². The van der Waals surface area contributed by atoms with Gasteiger partial charge in [-0.1, -0.05) is 53.4 Å². The molecule has 2 nitrogen and oxygen atoms in total. The van der Waals surface area contributed by atoms with E-state index in [0.717, 1.165) is 32.2 Å². The molecule has 2 aromatic heterocycles. The molecule has 3 heteroatoms. The topological polar surface area (TPSA) is 20.7 Å². The third kappa shape index (κ3) is 2.25. The minimum Gasteiger partial charge on any atom is -0.354 e. The fourth-order valence-electron chi connectivity index (χ4n) is 4.05. The van der Waals surface area contributed by atoms with Crippen molar-refractivity contribution in [2.45, 2.75) is 0 Å². The molecule has 0 aliphatic carbocycles. The molecule has 130 valence electrons. The monoisotopic (exact) mass is 412 g/mol. The van der Waals surface area contributed by atoms with Crippen LogP contribution >= 0.6 is 15.9 Å². The molecule has 0 saturated heterocycles. The molecule has 0 saturated carbocycles. The highest BCUT2D eigenvalue weighted by Gasteiger charge is 2.17. The van der Waals surface area contributed by atoms with Crippen molar-refractivity contribution in [1.82, 2.24) is 9.55 Å². The number of aromatic nitrogens is 2. The molecule has 27 heavy (non-hydrogen) atoms. The quantitative estimate of drug-likeness (QED) is 0.298. The van der Waals surface area contributed by atoms with Crippen LogP contribution in [0.4, 0.5) is 0 Å². The first-order valence-electron chi connectivity index (χ1n) is 8.81. The second-order valence-electron chi connectivity index (χ2n) is 6.58. The first-order chi connectivity index (χ1) is 13.2.